The Hall–Kier alpha value is -2.00. The average molecular weight is 282 g/mol. The number of methoxy groups -OCH3 is 2. The summed E-state index contributed by atoms with van der Waals surface area (Å²) < 4.78 is 10.1. The molecule has 0 saturated carbocycles. The quantitative estimate of drug-likeness (QED) is 0.257. The van der Waals surface area contributed by atoms with Crippen LogP contribution in [0.5, 0.6) is 0 Å². The molecule has 0 bridgehead atoms. The van der Waals surface area contributed by atoms with Gasteiger partial charge in [0.15, 0.2) is 0 Å². The van der Waals surface area contributed by atoms with Gasteiger partial charge in [0.05, 0.1) is 13.2 Å². The predicted molar refractivity (Wildman–Crippen MR) is 71.4 cm³/mol. The molecule has 0 radical (unpaired) electrons. The number of amidine groups is 2. The first-order valence-corrected chi connectivity index (χ1v) is 5.70. The standard InChI is InChI=1S/C12H18N4O4/c1-19-5-7-3-10(12(14)16-18)8(6-20-2)4-9(7)11(13)15-17/h3-4,17-18H,5-6H2,1-2H3,(H2,13,15)(H2,14,16). The third kappa shape index (κ3) is 3.52. The second-order valence-corrected chi connectivity index (χ2v) is 4.01. The highest BCUT2D eigenvalue weighted by Crippen LogP contribution is 2.19. The fourth-order valence-electron chi connectivity index (χ4n) is 1.83. The molecule has 1 aromatic carbocycles. The molecule has 0 amide bonds. The first kappa shape index (κ1) is 16.1. The zero-order valence-electron chi connectivity index (χ0n) is 11.3. The molecule has 0 unspecified atom stereocenters. The van der Waals surface area contributed by atoms with E-state index in [0.717, 1.165) is 0 Å². The average Bonchev–Trinajstić information content (AvgIpc) is 2.47. The van der Waals surface area contributed by atoms with Crippen molar-refractivity contribution in [3.8, 4) is 0 Å². The second-order valence-electron chi connectivity index (χ2n) is 4.01. The van der Waals surface area contributed by atoms with Crippen LogP contribution < -0.4 is 11.0 Å². The molecule has 0 atom stereocenters. The van der Waals surface area contributed by atoms with Crippen LogP contribution in [-0.4, -0.2) is 36.3 Å². The van der Waals surface area contributed by atoms with Crippen LogP contribution in [0.2, 0.25) is 0 Å². The Kier molecular flexibility index (Phi) is 6.07. The Morgan fingerprint density at radius 3 is 1.55 bits per heavy atom. The fraction of sp³-hybridized carbons (Fsp3) is 0.333. The third-order valence-corrected chi connectivity index (χ3v) is 2.69. The molecule has 20 heavy (non-hydrogen) atoms. The maximum atomic E-state index is 8.89. The normalized spacial score (nSPS) is 10.2. The van der Waals surface area contributed by atoms with E-state index in [9.17, 15) is 0 Å². The number of benzene rings is 1. The monoisotopic (exact) mass is 282 g/mol. The van der Waals surface area contributed by atoms with Gasteiger partial charge >= 0.3 is 0 Å². The molecule has 1 aromatic rings. The van der Waals surface area contributed by atoms with Crippen LogP contribution in [-0.2, 0) is 22.7 Å². The van der Waals surface area contributed by atoms with Crippen molar-refractivity contribution in [2.45, 2.75) is 13.2 Å². The smallest absolute Gasteiger partial charge is 0.149 e. The van der Waals surface area contributed by atoms with Crippen molar-refractivity contribution in [3.05, 3.63) is 34.4 Å². The Bertz CT molecular complexity index is 459. The van der Waals surface area contributed by atoms with Crippen LogP contribution in [0.1, 0.15) is 22.3 Å². The lowest BCUT2D eigenvalue weighted by Gasteiger charge is -2.16. The Balaban J connectivity index is 3.41. The molecule has 0 aromatic heterocycles. The van der Waals surface area contributed by atoms with Crippen molar-refractivity contribution in [1.29, 1.82) is 10.8 Å². The maximum absolute atomic E-state index is 8.89. The summed E-state index contributed by atoms with van der Waals surface area (Å²) in [7, 11) is 3.00. The summed E-state index contributed by atoms with van der Waals surface area (Å²) in [4.78, 5) is 0. The summed E-state index contributed by atoms with van der Waals surface area (Å²) in [6, 6.07) is 3.20. The topological polar surface area (TPSA) is 131 Å². The number of hydroxylamine groups is 2. The summed E-state index contributed by atoms with van der Waals surface area (Å²) in [6.07, 6.45) is 0. The van der Waals surface area contributed by atoms with Crippen LogP contribution >= 0.6 is 0 Å². The number of nitrogens with one attached hydrogen (secondary N) is 4. The van der Waals surface area contributed by atoms with E-state index in [1.165, 1.54) is 14.2 Å². The van der Waals surface area contributed by atoms with Crippen LogP contribution in [0.25, 0.3) is 0 Å². The minimum atomic E-state index is -0.190. The highest BCUT2D eigenvalue weighted by molar-refractivity contribution is 6.01. The number of hydrogen-bond acceptors (Lipinski definition) is 6. The molecule has 1 rings (SSSR count). The number of rotatable bonds is 6. The van der Waals surface area contributed by atoms with Crippen LogP contribution in [0.3, 0.4) is 0 Å². The van der Waals surface area contributed by atoms with Crippen molar-refractivity contribution >= 4 is 11.7 Å². The van der Waals surface area contributed by atoms with Gasteiger partial charge in [0.2, 0.25) is 0 Å². The molecule has 0 spiro atoms. The van der Waals surface area contributed by atoms with E-state index in [-0.39, 0.29) is 24.9 Å². The fourth-order valence-corrected chi connectivity index (χ4v) is 1.83. The molecule has 0 aliphatic carbocycles. The van der Waals surface area contributed by atoms with E-state index in [2.05, 4.69) is 0 Å². The van der Waals surface area contributed by atoms with Crippen LogP contribution in [0.4, 0.5) is 0 Å². The third-order valence-electron chi connectivity index (χ3n) is 2.69. The molecule has 0 aliphatic rings. The van der Waals surface area contributed by atoms with E-state index in [1.54, 1.807) is 23.1 Å². The molecule has 6 N–H and O–H groups in total. The van der Waals surface area contributed by atoms with Crippen molar-refractivity contribution in [1.82, 2.24) is 11.0 Å². The Morgan fingerprint density at radius 2 is 1.30 bits per heavy atom. The van der Waals surface area contributed by atoms with Crippen molar-refractivity contribution < 1.29 is 19.9 Å². The molecular formula is C12H18N4O4. The molecule has 8 heteroatoms. The van der Waals surface area contributed by atoms with Gasteiger partial charge in [-0.2, -0.15) is 0 Å². The summed E-state index contributed by atoms with van der Waals surface area (Å²) >= 11 is 0. The van der Waals surface area contributed by atoms with Gasteiger partial charge < -0.3 is 9.47 Å². The van der Waals surface area contributed by atoms with Gasteiger partial charge in [-0.05, 0) is 23.3 Å². The van der Waals surface area contributed by atoms with E-state index < -0.39 is 0 Å². The summed E-state index contributed by atoms with van der Waals surface area (Å²) in [6.45, 7) is 0.386. The van der Waals surface area contributed by atoms with Gasteiger partial charge in [-0.1, -0.05) is 0 Å². The van der Waals surface area contributed by atoms with E-state index in [1.807, 2.05) is 0 Å². The van der Waals surface area contributed by atoms with Gasteiger partial charge in [0.25, 0.3) is 0 Å². The lowest BCUT2D eigenvalue weighted by atomic mass is 9.97. The largest absolute Gasteiger partial charge is 0.380 e. The summed E-state index contributed by atoms with van der Waals surface area (Å²) in [5.41, 5.74) is 5.60. The Labute approximate surface area is 116 Å². The number of ether oxygens (including phenoxy) is 2. The van der Waals surface area contributed by atoms with E-state index in [0.29, 0.717) is 22.3 Å². The van der Waals surface area contributed by atoms with Gasteiger partial charge in [-0.15, -0.1) is 0 Å². The lowest BCUT2D eigenvalue weighted by Crippen LogP contribution is -2.24. The molecule has 0 aliphatic heterocycles. The number of hydrogen-bond donors (Lipinski definition) is 6. The zero-order chi connectivity index (χ0) is 15.1. The van der Waals surface area contributed by atoms with Gasteiger partial charge in [0.1, 0.15) is 11.7 Å². The van der Waals surface area contributed by atoms with Gasteiger partial charge in [0, 0.05) is 25.3 Å². The summed E-state index contributed by atoms with van der Waals surface area (Å²) in [5.74, 6) is -0.381. The highest BCUT2D eigenvalue weighted by atomic mass is 16.5. The van der Waals surface area contributed by atoms with Crippen molar-refractivity contribution in [2.24, 2.45) is 0 Å². The van der Waals surface area contributed by atoms with Crippen LogP contribution in [0.15, 0.2) is 12.1 Å². The Morgan fingerprint density at radius 1 is 0.950 bits per heavy atom. The van der Waals surface area contributed by atoms with Crippen molar-refractivity contribution in [3.63, 3.8) is 0 Å². The van der Waals surface area contributed by atoms with E-state index in [4.69, 9.17) is 30.7 Å². The molecule has 8 nitrogen and oxygen atoms in total. The lowest BCUT2D eigenvalue weighted by molar-refractivity contribution is 0.181. The maximum Gasteiger partial charge on any atom is 0.149 e. The molecular weight excluding hydrogens is 264 g/mol. The molecule has 110 valence electrons. The van der Waals surface area contributed by atoms with E-state index >= 15 is 0 Å². The first-order chi connectivity index (χ1) is 9.58. The molecule has 0 saturated heterocycles. The SMILES string of the molecule is COCc1cc(C(=N)NO)c(COC)cc1C(=N)NO. The van der Waals surface area contributed by atoms with Crippen molar-refractivity contribution in [2.75, 3.05) is 14.2 Å². The zero-order valence-corrected chi connectivity index (χ0v) is 11.3. The minimum absolute atomic E-state index is 0.190. The first-order valence-electron chi connectivity index (χ1n) is 5.70. The highest BCUT2D eigenvalue weighted by Gasteiger charge is 2.15. The van der Waals surface area contributed by atoms with Crippen LogP contribution in [0, 0.1) is 10.8 Å². The minimum Gasteiger partial charge on any atom is -0.380 e. The van der Waals surface area contributed by atoms with Gasteiger partial charge in [-0.25, -0.2) is 0 Å². The second kappa shape index (κ2) is 7.56. The molecule has 0 fully saturated rings. The summed E-state index contributed by atoms with van der Waals surface area (Å²) in [5, 5.41) is 33.1. The molecule has 0 heterocycles. The van der Waals surface area contributed by atoms with Gasteiger partial charge in [-0.3, -0.25) is 32.2 Å². The predicted octanol–water partition coefficient (Wildman–Crippen LogP) is 0.588.